The highest BCUT2D eigenvalue weighted by Gasteiger charge is 2.17. The molecule has 88 valence electrons. The van der Waals surface area contributed by atoms with Crippen LogP contribution in [-0.2, 0) is 0 Å². The fourth-order valence-corrected chi connectivity index (χ4v) is 2.15. The van der Waals surface area contributed by atoms with E-state index < -0.39 is 0 Å². The first-order valence-corrected chi connectivity index (χ1v) is 5.93. The minimum atomic E-state index is 0.264. The standard InChI is InChI=1S/C13H15N3O/c1-9-7-12(17-10-4-6-14-8-10)11-3-2-5-15-13(11)16-9/h2-3,5,7,10,14H,4,6,8H2,1H3/t10-/m1/s1. The average Bonchev–Trinajstić information content (AvgIpc) is 2.81. The number of ether oxygens (including phenoxy) is 1. The van der Waals surface area contributed by atoms with Crippen molar-refractivity contribution in [1.82, 2.24) is 15.3 Å². The highest BCUT2D eigenvalue weighted by atomic mass is 16.5. The van der Waals surface area contributed by atoms with Crippen molar-refractivity contribution in [2.75, 3.05) is 13.1 Å². The Bertz CT molecular complexity index is 535. The SMILES string of the molecule is Cc1cc(O[C@@H]2CCNC2)c2cccnc2n1. The zero-order chi connectivity index (χ0) is 11.7. The minimum absolute atomic E-state index is 0.264. The van der Waals surface area contributed by atoms with Crippen molar-refractivity contribution in [2.45, 2.75) is 19.4 Å². The number of nitrogens with zero attached hydrogens (tertiary/aromatic N) is 2. The fraction of sp³-hybridized carbons (Fsp3) is 0.385. The molecular formula is C13H15N3O. The molecule has 0 unspecified atom stereocenters. The van der Waals surface area contributed by atoms with E-state index in [4.69, 9.17) is 4.74 Å². The summed E-state index contributed by atoms with van der Waals surface area (Å²) in [4.78, 5) is 8.67. The predicted octanol–water partition coefficient (Wildman–Crippen LogP) is 1.68. The van der Waals surface area contributed by atoms with Crippen LogP contribution in [-0.4, -0.2) is 29.2 Å². The van der Waals surface area contributed by atoms with Gasteiger partial charge < -0.3 is 10.1 Å². The third kappa shape index (κ3) is 2.08. The summed E-state index contributed by atoms with van der Waals surface area (Å²) in [7, 11) is 0. The average molecular weight is 229 g/mol. The Labute approximate surface area is 100 Å². The van der Waals surface area contributed by atoms with Crippen molar-refractivity contribution in [3.63, 3.8) is 0 Å². The van der Waals surface area contributed by atoms with Gasteiger partial charge in [-0.25, -0.2) is 9.97 Å². The second kappa shape index (κ2) is 4.30. The number of hydrogen-bond acceptors (Lipinski definition) is 4. The Balaban J connectivity index is 2.01. The van der Waals surface area contributed by atoms with Crippen molar-refractivity contribution in [2.24, 2.45) is 0 Å². The van der Waals surface area contributed by atoms with Gasteiger partial charge in [0, 0.05) is 24.5 Å². The van der Waals surface area contributed by atoms with E-state index in [0.717, 1.165) is 42.0 Å². The Morgan fingerprint density at radius 3 is 3.24 bits per heavy atom. The number of hydrogen-bond donors (Lipinski definition) is 1. The van der Waals surface area contributed by atoms with Gasteiger partial charge in [-0.3, -0.25) is 0 Å². The lowest BCUT2D eigenvalue weighted by atomic mass is 10.2. The summed E-state index contributed by atoms with van der Waals surface area (Å²) in [6.07, 6.45) is 3.08. The van der Waals surface area contributed by atoms with Gasteiger partial charge in [0.1, 0.15) is 11.9 Å². The van der Waals surface area contributed by atoms with Crippen LogP contribution in [0.1, 0.15) is 12.1 Å². The molecule has 0 radical (unpaired) electrons. The molecule has 4 heteroatoms. The Hall–Kier alpha value is -1.68. The topological polar surface area (TPSA) is 47.0 Å². The normalized spacial score (nSPS) is 19.7. The molecule has 4 nitrogen and oxygen atoms in total. The van der Waals surface area contributed by atoms with E-state index in [1.54, 1.807) is 6.20 Å². The molecule has 1 atom stereocenters. The highest BCUT2D eigenvalue weighted by molar-refractivity contribution is 5.81. The van der Waals surface area contributed by atoms with Crippen LogP contribution in [0.4, 0.5) is 0 Å². The third-order valence-electron chi connectivity index (χ3n) is 2.98. The minimum Gasteiger partial charge on any atom is -0.488 e. The monoisotopic (exact) mass is 229 g/mol. The van der Waals surface area contributed by atoms with Gasteiger partial charge in [-0.2, -0.15) is 0 Å². The molecule has 0 aliphatic carbocycles. The smallest absolute Gasteiger partial charge is 0.163 e. The molecule has 3 rings (SSSR count). The number of aryl methyl sites for hydroxylation is 1. The van der Waals surface area contributed by atoms with Crippen LogP contribution in [0, 0.1) is 6.92 Å². The summed E-state index contributed by atoms with van der Waals surface area (Å²) in [6.45, 7) is 3.92. The Morgan fingerprint density at radius 2 is 2.41 bits per heavy atom. The van der Waals surface area contributed by atoms with Gasteiger partial charge in [-0.1, -0.05) is 0 Å². The molecule has 0 saturated carbocycles. The second-order valence-corrected chi connectivity index (χ2v) is 4.37. The first-order valence-electron chi connectivity index (χ1n) is 5.93. The van der Waals surface area contributed by atoms with Gasteiger partial charge in [-0.05, 0) is 32.0 Å². The molecule has 1 aliphatic heterocycles. The number of nitrogens with one attached hydrogen (secondary N) is 1. The largest absolute Gasteiger partial charge is 0.488 e. The van der Waals surface area contributed by atoms with Crippen molar-refractivity contribution < 1.29 is 4.74 Å². The van der Waals surface area contributed by atoms with Gasteiger partial charge >= 0.3 is 0 Å². The van der Waals surface area contributed by atoms with E-state index >= 15 is 0 Å². The van der Waals surface area contributed by atoms with Crippen LogP contribution in [0.3, 0.4) is 0 Å². The summed E-state index contributed by atoms with van der Waals surface area (Å²) in [5.41, 5.74) is 1.70. The van der Waals surface area contributed by atoms with Gasteiger partial charge in [-0.15, -0.1) is 0 Å². The number of pyridine rings is 2. The molecule has 3 heterocycles. The lowest BCUT2D eigenvalue weighted by Gasteiger charge is -2.14. The van der Waals surface area contributed by atoms with Gasteiger partial charge in [0.2, 0.25) is 0 Å². The summed E-state index contributed by atoms with van der Waals surface area (Å²) in [5.74, 6) is 0.898. The molecule has 0 bridgehead atoms. The molecule has 0 amide bonds. The van der Waals surface area contributed by atoms with Crippen LogP contribution in [0.15, 0.2) is 24.4 Å². The Kier molecular flexibility index (Phi) is 2.65. The van der Waals surface area contributed by atoms with Crippen molar-refractivity contribution in [3.8, 4) is 5.75 Å². The van der Waals surface area contributed by atoms with E-state index in [1.165, 1.54) is 0 Å². The quantitative estimate of drug-likeness (QED) is 0.851. The van der Waals surface area contributed by atoms with Crippen LogP contribution < -0.4 is 10.1 Å². The highest BCUT2D eigenvalue weighted by Crippen LogP contribution is 2.25. The molecule has 2 aromatic heterocycles. The molecule has 0 spiro atoms. The van der Waals surface area contributed by atoms with Crippen LogP contribution in [0.25, 0.3) is 11.0 Å². The number of rotatable bonds is 2. The molecule has 2 aromatic rings. The zero-order valence-corrected chi connectivity index (χ0v) is 9.81. The third-order valence-corrected chi connectivity index (χ3v) is 2.98. The molecule has 1 saturated heterocycles. The van der Waals surface area contributed by atoms with Gasteiger partial charge in [0.05, 0.1) is 5.39 Å². The summed E-state index contributed by atoms with van der Waals surface area (Å²) in [6, 6.07) is 5.91. The van der Waals surface area contributed by atoms with E-state index in [0.29, 0.717) is 0 Å². The number of fused-ring (bicyclic) bond motifs is 1. The van der Waals surface area contributed by atoms with E-state index in [2.05, 4.69) is 15.3 Å². The van der Waals surface area contributed by atoms with Crippen LogP contribution >= 0.6 is 0 Å². The Morgan fingerprint density at radius 1 is 1.47 bits per heavy atom. The molecule has 17 heavy (non-hydrogen) atoms. The van der Waals surface area contributed by atoms with E-state index in [1.807, 2.05) is 25.1 Å². The summed E-state index contributed by atoms with van der Waals surface area (Å²) < 4.78 is 6.03. The molecule has 1 fully saturated rings. The van der Waals surface area contributed by atoms with E-state index in [-0.39, 0.29) is 6.10 Å². The molecule has 0 aromatic carbocycles. The van der Waals surface area contributed by atoms with Gasteiger partial charge in [0.15, 0.2) is 5.65 Å². The molecule has 1 aliphatic rings. The number of aromatic nitrogens is 2. The lowest BCUT2D eigenvalue weighted by Crippen LogP contribution is -2.19. The first kappa shape index (κ1) is 10.5. The van der Waals surface area contributed by atoms with Crippen LogP contribution in [0.2, 0.25) is 0 Å². The molecular weight excluding hydrogens is 214 g/mol. The second-order valence-electron chi connectivity index (χ2n) is 4.37. The maximum atomic E-state index is 6.03. The first-order chi connectivity index (χ1) is 8.33. The fourth-order valence-electron chi connectivity index (χ4n) is 2.15. The lowest BCUT2D eigenvalue weighted by molar-refractivity contribution is 0.225. The summed E-state index contributed by atoms with van der Waals surface area (Å²) in [5, 5.41) is 4.29. The van der Waals surface area contributed by atoms with Crippen molar-refractivity contribution in [3.05, 3.63) is 30.1 Å². The van der Waals surface area contributed by atoms with Gasteiger partial charge in [0.25, 0.3) is 0 Å². The van der Waals surface area contributed by atoms with Crippen molar-refractivity contribution in [1.29, 1.82) is 0 Å². The van der Waals surface area contributed by atoms with Crippen LogP contribution in [0.5, 0.6) is 5.75 Å². The maximum Gasteiger partial charge on any atom is 0.163 e. The maximum absolute atomic E-state index is 6.03. The molecule has 1 N–H and O–H groups in total. The summed E-state index contributed by atoms with van der Waals surface area (Å²) >= 11 is 0. The van der Waals surface area contributed by atoms with Crippen molar-refractivity contribution >= 4 is 11.0 Å². The zero-order valence-electron chi connectivity index (χ0n) is 9.81. The predicted molar refractivity (Wildman–Crippen MR) is 66.2 cm³/mol. The van der Waals surface area contributed by atoms with E-state index in [9.17, 15) is 0 Å².